The third-order valence-electron chi connectivity index (χ3n) is 0.948. The maximum Gasteiger partial charge on any atom is 0.0957 e. The number of hydrogen-bond acceptors (Lipinski definition) is 2. The highest BCUT2D eigenvalue weighted by molar-refractivity contribution is 5.79. The first-order chi connectivity index (χ1) is 3.68. The highest BCUT2D eigenvalue weighted by Gasteiger charge is 2.01. The molecule has 0 aromatic rings. The minimum Gasteiger partial charge on any atom is -0.387 e. The molecule has 0 spiro atoms. The lowest BCUT2D eigenvalue weighted by Gasteiger charge is -2.05. The van der Waals surface area contributed by atoms with Crippen LogP contribution < -0.4 is 5.73 Å². The highest BCUT2D eigenvalue weighted by Crippen LogP contribution is 1.91. The van der Waals surface area contributed by atoms with Gasteiger partial charge in [-0.05, 0) is 0 Å². The van der Waals surface area contributed by atoms with E-state index in [4.69, 9.17) is 15.9 Å². The number of ether oxygens (including phenoxy) is 1. The van der Waals surface area contributed by atoms with E-state index < -0.39 is 0 Å². The van der Waals surface area contributed by atoms with E-state index in [0.717, 1.165) is 0 Å². The minimum atomic E-state index is 0.0556. The summed E-state index contributed by atoms with van der Waals surface area (Å²) in [7, 11) is 1.60. The summed E-state index contributed by atoms with van der Waals surface area (Å²) in [6.45, 7) is 2.39. The molecule has 0 heterocycles. The fourth-order valence-electron chi connectivity index (χ4n) is 0.340. The molecule has 0 radical (unpaired) electrons. The molecular formula is C5H12N2O. The van der Waals surface area contributed by atoms with Crippen LogP contribution in [0, 0.1) is 11.3 Å². The number of rotatable bonds is 3. The van der Waals surface area contributed by atoms with Gasteiger partial charge in [-0.25, -0.2) is 0 Å². The lowest BCUT2D eigenvalue weighted by atomic mass is 10.2. The molecule has 3 heteroatoms. The molecule has 48 valence electrons. The van der Waals surface area contributed by atoms with Crippen molar-refractivity contribution in [1.82, 2.24) is 0 Å². The molecule has 0 rings (SSSR count). The maximum atomic E-state index is 6.90. The Morgan fingerprint density at radius 1 is 1.88 bits per heavy atom. The molecule has 1 unspecified atom stereocenters. The van der Waals surface area contributed by atoms with Gasteiger partial charge in [-0.1, -0.05) is 6.92 Å². The molecule has 3 nitrogen and oxygen atoms in total. The van der Waals surface area contributed by atoms with E-state index in [1.807, 2.05) is 6.92 Å². The molecule has 0 saturated carbocycles. The Bertz CT molecular complexity index is 82.5. The van der Waals surface area contributed by atoms with Crippen molar-refractivity contribution in [2.45, 2.75) is 6.92 Å². The van der Waals surface area contributed by atoms with Crippen molar-refractivity contribution in [3.8, 4) is 0 Å². The van der Waals surface area contributed by atoms with Crippen LogP contribution in [0.4, 0.5) is 0 Å². The number of amidine groups is 1. The Hall–Kier alpha value is -0.570. The molecule has 0 saturated heterocycles. The van der Waals surface area contributed by atoms with Crippen LogP contribution in [0.15, 0.2) is 0 Å². The van der Waals surface area contributed by atoms with Crippen LogP contribution in [0.5, 0.6) is 0 Å². The fraction of sp³-hybridized carbons (Fsp3) is 0.800. The van der Waals surface area contributed by atoms with E-state index in [-0.39, 0.29) is 11.8 Å². The second kappa shape index (κ2) is 3.43. The van der Waals surface area contributed by atoms with Crippen LogP contribution in [0.1, 0.15) is 6.92 Å². The van der Waals surface area contributed by atoms with E-state index in [1.54, 1.807) is 7.11 Å². The normalized spacial score (nSPS) is 13.2. The van der Waals surface area contributed by atoms with Crippen LogP contribution in [-0.4, -0.2) is 19.6 Å². The van der Waals surface area contributed by atoms with Crippen LogP contribution in [0.25, 0.3) is 0 Å². The highest BCUT2D eigenvalue weighted by atomic mass is 16.5. The first kappa shape index (κ1) is 7.43. The van der Waals surface area contributed by atoms with Crippen molar-refractivity contribution in [3.05, 3.63) is 0 Å². The Morgan fingerprint density at radius 3 is 2.50 bits per heavy atom. The van der Waals surface area contributed by atoms with Crippen molar-refractivity contribution in [3.63, 3.8) is 0 Å². The standard InChI is InChI=1S/C5H12N2O/c1-4(3-8-2)5(6)7/h4H,3H2,1-2H3,(H3,6,7). The summed E-state index contributed by atoms with van der Waals surface area (Å²) in [4.78, 5) is 0. The molecule has 0 fully saturated rings. The van der Waals surface area contributed by atoms with Crippen LogP contribution in [-0.2, 0) is 4.74 Å². The van der Waals surface area contributed by atoms with Gasteiger partial charge in [0.05, 0.1) is 12.4 Å². The molecule has 0 aliphatic carbocycles. The zero-order valence-corrected chi connectivity index (χ0v) is 5.27. The Balaban J connectivity index is 3.32. The predicted octanol–water partition coefficient (Wildman–Crippen LogP) is 0.205. The fourth-order valence-corrected chi connectivity index (χ4v) is 0.340. The van der Waals surface area contributed by atoms with Crippen molar-refractivity contribution >= 4 is 5.84 Å². The largest absolute Gasteiger partial charge is 0.387 e. The molecule has 0 aliphatic heterocycles. The molecule has 0 aliphatic rings. The first-order valence-corrected chi connectivity index (χ1v) is 2.51. The van der Waals surface area contributed by atoms with Crippen molar-refractivity contribution in [1.29, 1.82) is 5.41 Å². The van der Waals surface area contributed by atoms with Gasteiger partial charge in [0, 0.05) is 13.0 Å². The van der Waals surface area contributed by atoms with E-state index >= 15 is 0 Å². The van der Waals surface area contributed by atoms with E-state index in [9.17, 15) is 0 Å². The third-order valence-corrected chi connectivity index (χ3v) is 0.948. The van der Waals surface area contributed by atoms with Gasteiger partial charge in [-0.2, -0.15) is 0 Å². The lowest BCUT2D eigenvalue weighted by Crippen LogP contribution is -2.23. The van der Waals surface area contributed by atoms with E-state index in [0.29, 0.717) is 6.61 Å². The zero-order chi connectivity index (χ0) is 6.57. The van der Waals surface area contributed by atoms with Crippen LogP contribution in [0.2, 0.25) is 0 Å². The average Bonchev–Trinajstić information content (AvgIpc) is 1.67. The summed E-state index contributed by atoms with van der Waals surface area (Å²) in [5, 5.41) is 6.90. The summed E-state index contributed by atoms with van der Waals surface area (Å²) in [6.07, 6.45) is 0. The van der Waals surface area contributed by atoms with Gasteiger partial charge in [-0.3, -0.25) is 5.41 Å². The van der Waals surface area contributed by atoms with Crippen molar-refractivity contribution in [2.24, 2.45) is 11.7 Å². The zero-order valence-electron chi connectivity index (χ0n) is 5.27. The predicted molar refractivity (Wildman–Crippen MR) is 33.0 cm³/mol. The average molecular weight is 116 g/mol. The van der Waals surface area contributed by atoms with Crippen LogP contribution in [0.3, 0.4) is 0 Å². The monoisotopic (exact) mass is 116 g/mol. The van der Waals surface area contributed by atoms with Gasteiger partial charge in [-0.15, -0.1) is 0 Å². The number of nitrogens with two attached hydrogens (primary N) is 1. The third kappa shape index (κ3) is 2.58. The smallest absolute Gasteiger partial charge is 0.0957 e. The van der Waals surface area contributed by atoms with Gasteiger partial charge in [0.25, 0.3) is 0 Å². The van der Waals surface area contributed by atoms with Gasteiger partial charge >= 0.3 is 0 Å². The quantitative estimate of drug-likeness (QED) is 0.409. The topological polar surface area (TPSA) is 59.1 Å². The molecule has 0 aromatic carbocycles. The number of nitrogens with one attached hydrogen (secondary N) is 1. The first-order valence-electron chi connectivity index (χ1n) is 2.51. The summed E-state index contributed by atoms with van der Waals surface area (Å²) in [5.74, 6) is 0.242. The van der Waals surface area contributed by atoms with Gasteiger partial charge in [0.15, 0.2) is 0 Å². The summed E-state index contributed by atoms with van der Waals surface area (Å²) < 4.78 is 4.74. The second-order valence-corrected chi connectivity index (χ2v) is 1.81. The van der Waals surface area contributed by atoms with Gasteiger partial charge in [0.2, 0.25) is 0 Å². The van der Waals surface area contributed by atoms with E-state index in [2.05, 4.69) is 0 Å². The molecule has 0 aromatic heterocycles. The lowest BCUT2D eigenvalue weighted by molar-refractivity contribution is 0.181. The van der Waals surface area contributed by atoms with Crippen LogP contribution >= 0.6 is 0 Å². The second-order valence-electron chi connectivity index (χ2n) is 1.81. The summed E-state index contributed by atoms with van der Waals surface area (Å²) >= 11 is 0. The molecular weight excluding hydrogens is 104 g/mol. The van der Waals surface area contributed by atoms with E-state index in [1.165, 1.54) is 0 Å². The maximum absolute atomic E-state index is 6.90. The Morgan fingerprint density at radius 2 is 2.38 bits per heavy atom. The molecule has 3 N–H and O–H groups in total. The number of methoxy groups -OCH3 is 1. The Labute approximate surface area is 49.3 Å². The van der Waals surface area contributed by atoms with Crippen molar-refractivity contribution < 1.29 is 4.74 Å². The number of hydrogen-bond donors (Lipinski definition) is 2. The molecule has 1 atom stereocenters. The van der Waals surface area contributed by atoms with Crippen molar-refractivity contribution in [2.75, 3.05) is 13.7 Å². The molecule has 0 bridgehead atoms. The molecule has 8 heavy (non-hydrogen) atoms. The Kier molecular flexibility index (Phi) is 3.19. The van der Waals surface area contributed by atoms with Gasteiger partial charge in [0.1, 0.15) is 0 Å². The summed E-state index contributed by atoms with van der Waals surface area (Å²) in [6, 6.07) is 0. The minimum absolute atomic E-state index is 0.0556. The molecule has 0 amide bonds. The SMILES string of the molecule is COCC(C)C(=N)N. The summed E-state index contributed by atoms with van der Waals surface area (Å²) in [5.41, 5.74) is 5.13. The van der Waals surface area contributed by atoms with Gasteiger partial charge < -0.3 is 10.5 Å².